The molecule has 0 aliphatic rings. The van der Waals surface area contributed by atoms with Gasteiger partial charge in [-0.25, -0.2) is 0 Å². The third-order valence-corrected chi connectivity index (χ3v) is 2.64. The first-order valence-corrected chi connectivity index (χ1v) is 4.77. The summed E-state index contributed by atoms with van der Waals surface area (Å²) in [5, 5.41) is 18.1. The van der Waals surface area contributed by atoms with E-state index in [1.807, 2.05) is 0 Å². The first kappa shape index (κ1) is 9.82. The third-order valence-electron chi connectivity index (χ3n) is 1.64. The lowest BCUT2D eigenvalue weighted by molar-refractivity contribution is 0.398. The van der Waals surface area contributed by atoms with E-state index < -0.39 is 26.5 Å². The Morgan fingerprint density at radius 3 is 2.23 bits per heavy atom. The lowest BCUT2D eigenvalue weighted by Crippen LogP contribution is -2.00. The monoisotopic (exact) mass is 204 g/mol. The smallest absolute Gasteiger partial charge is 0.294 e. The minimum absolute atomic E-state index is 0.0810. The second kappa shape index (κ2) is 2.90. The number of hydrogen-bond acceptors (Lipinski definition) is 4. The summed E-state index contributed by atoms with van der Waals surface area (Å²) >= 11 is 0. The molecule has 0 amide bonds. The fourth-order valence-corrected chi connectivity index (χ4v) is 1.67. The molecule has 0 aromatic heterocycles. The molecule has 0 aliphatic heterocycles. The van der Waals surface area contributed by atoms with Crippen molar-refractivity contribution < 1.29 is 23.2 Å². The summed E-state index contributed by atoms with van der Waals surface area (Å²) in [6.45, 7) is 1.28. The average Bonchev–Trinajstić information content (AvgIpc) is 1.98. The van der Waals surface area contributed by atoms with E-state index in [1.54, 1.807) is 0 Å². The largest absolute Gasteiger partial charge is 0.504 e. The van der Waals surface area contributed by atoms with Crippen LogP contribution in [0, 0.1) is 6.92 Å². The molecular weight excluding hydrogens is 196 g/mol. The van der Waals surface area contributed by atoms with E-state index in [4.69, 9.17) is 14.8 Å². The fourth-order valence-electron chi connectivity index (χ4n) is 0.947. The molecule has 0 unspecified atom stereocenters. The topological polar surface area (TPSA) is 94.8 Å². The van der Waals surface area contributed by atoms with E-state index in [2.05, 4.69) is 0 Å². The van der Waals surface area contributed by atoms with Crippen molar-refractivity contribution in [2.75, 3.05) is 0 Å². The quantitative estimate of drug-likeness (QED) is 0.461. The van der Waals surface area contributed by atoms with Crippen LogP contribution >= 0.6 is 0 Å². The third kappa shape index (κ3) is 1.73. The van der Waals surface area contributed by atoms with Crippen molar-refractivity contribution in [3.8, 4) is 11.5 Å². The summed E-state index contributed by atoms with van der Waals surface area (Å²) in [6, 6.07) is 2.01. The molecular formula is C7H8O5S. The highest BCUT2D eigenvalue weighted by molar-refractivity contribution is 7.85. The Bertz CT molecular complexity index is 434. The van der Waals surface area contributed by atoms with Gasteiger partial charge in [0.2, 0.25) is 0 Å². The zero-order valence-corrected chi connectivity index (χ0v) is 7.54. The predicted octanol–water partition coefficient (Wildman–Crippen LogP) is 0.653. The molecule has 0 aliphatic carbocycles. The molecule has 3 N–H and O–H groups in total. The van der Waals surface area contributed by atoms with Crippen LogP contribution in [0.3, 0.4) is 0 Å². The van der Waals surface area contributed by atoms with Gasteiger partial charge in [-0.15, -0.1) is 0 Å². The highest BCUT2D eigenvalue weighted by atomic mass is 32.2. The number of phenolic OH excluding ortho intramolecular Hbond substituents is 2. The van der Waals surface area contributed by atoms with Crippen molar-refractivity contribution in [1.82, 2.24) is 0 Å². The molecule has 6 heteroatoms. The summed E-state index contributed by atoms with van der Waals surface area (Å²) < 4.78 is 30.0. The van der Waals surface area contributed by atoms with Crippen LogP contribution in [-0.4, -0.2) is 23.2 Å². The summed E-state index contributed by atoms with van der Waals surface area (Å²) in [7, 11) is -4.34. The summed E-state index contributed by atoms with van der Waals surface area (Å²) in [5.74, 6) is -0.972. The Kier molecular flexibility index (Phi) is 2.19. The van der Waals surface area contributed by atoms with Crippen LogP contribution in [0.5, 0.6) is 11.5 Å². The first-order chi connectivity index (χ1) is 5.84. The zero-order valence-electron chi connectivity index (χ0n) is 6.72. The van der Waals surface area contributed by atoms with Gasteiger partial charge in [0.05, 0.1) is 0 Å². The molecule has 0 atom stereocenters. The molecule has 13 heavy (non-hydrogen) atoms. The van der Waals surface area contributed by atoms with Crippen molar-refractivity contribution >= 4 is 10.1 Å². The van der Waals surface area contributed by atoms with E-state index in [9.17, 15) is 8.42 Å². The maximum atomic E-state index is 10.7. The number of aromatic hydroxyl groups is 2. The highest BCUT2D eigenvalue weighted by Gasteiger charge is 2.17. The second-order valence-corrected chi connectivity index (χ2v) is 3.92. The number of benzene rings is 1. The minimum atomic E-state index is -4.34. The molecule has 1 aromatic rings. The molecule has 0 radical (unpaired) electrons. The van der Waals surface area contributed by atoms with Gasteiger partial charge in [0.25, 0.3) is 10.1 Å². The normalized spacial score (nSPS) is 11.5. The molecule has 0 bridgehead atoms. The van der Waals surface area contributed by atoms with E-state index in [0.717, 1.165) is 12.1 Å². The molecule has 0 fully saturated rings. The van der Waals surface area contributed by atoms with Gasteiger partial charge in [-0.1, -0.05) is 0 Å². The van der Waals surface area contributed by atoms with Crippen LogP contribution in [0.4, 0.5) is 0 Å². The lowest BCUT2D eigenvalue weighted by atomic mass is 10.2. The number of rotatable bonds is 1. The molecule has 0 heterocycles. The van der Waals surface area contributed by atoms with Crippen LogP contribution in [0.2, 0.25) is 0 Å². The highest BCUT2D eigenvalue weighted by Crippen LogP contribution is 2.32. The molecule has 5 nitrogen and oxygen atoms in total. The van der Waals surface area contributed by atoms with Crippen molar-refractivity contribution in [2.45, 2.75) is 11.8 Å². The summed E-state index contributed by atoms with van der Waals surface area (Å²) in [5.41, 5.74) is -0.0810. The van der Waals surface area contributed by atoms with Crippen molar-refractivity contribution in [1.29, 1.82) is 0 Å². The average molecular weight is 204 g/mol. The zero-order chi connectivity index (χ0) is 10.2. The molecule has 0 saturated heterocycles. The van der Waals surface area contributed by atoms with Gasteiger partial charge >= 0.3 is 0 Å². The van der Waals surface area contributed by atoms with Gasteiger partial charge in [0, 0.05) is 5.56 Å². The van der Waals surface area contributed by atoms with Crippen LogP contribution < -0.4 is 0 Å². The maximum absolute atomic E-state index is 10.7. The van der Waals surface area contributed by atoms with Gasteiger partial charge in [-0.2, -0.15) is 8.42 Å². The Labute approximate surface area is 75.0 Å². The van der Waals surface area contributed by atoms with Crippen molar-refractivity contribution in [3.63, 3.8) is 0 Å². The van der Waals surface area contributed by atoms with E-state index in [-0.39, 0.29) is 5.56 Å². The second-order valence-electron chi connectivity index (χ2n) is 2.53. The summed E-state index contributed by atoms with van der Waals surface area (Å²) in [6.07, 6.45) is 0. The van der Waals surface area contributed by atoms with E-state index in [0.29, 0.717) is 0 Å². The minimum Gasteiger partial charge on any atom is -0.504 e. The molecule has 1 rings (SSSR count). The van der Waals surface area contributed by atoms with E-state index >= 15 is 0 Å². The SMILES string of the molecule is Cc1c(S(=O)(=O)O)ccc(O)c1O. The molecule has 0 saturated carbocycles. The van der Waals surface area contributed by atoms with Crippen LogP contribution in [0.15, 0.2) is 17.0 Å². The number of phenols is 2. The van der Waals surface area contributed by atoms with Crippen molar-refractivity contribution in [3.05, 3.63) is 17.7 Å². The Hall–Kier alpha value is -1.27. The van der Waals surface area contributed by atoms with Crippen molar-refractivity contribution in [2.24, 2.45) is 0 Å². The molecule has 72 valence electrons. The maximum Gasteiger partial charge on any atom is 0.294 e. The first-order valence-electron chi connectivity index (χ1n) is 3.33. The molecule has 0 spiro atoms. The Morgan fingerprint density at radius 2 is 1.77 bits per heavy atom. The Balaban J connectivity index is 3.53. The standard InChI is InChI=1S/C7H8O5S/c1-4-6(13(10,11)12)3-2-5(8)7(4)9/h2-3,8-9H,1H3,(H,10,11,12). The molecule has 1 aromatic carbocycles. The van der Waals surface area contributed by atoms with Gasteiger partial charge in [-0.05, 0) is 19.1 Å². The van der Waals surface area contributed by atoms with Crippen LogP contribution in [0.1, 0.15) is 5.56 Å². The van der Waals surface area contributed by atoms with Crippen LogP contribution in [-0.2, 0) is 10.1 Å². The van der Waals surface area contributed by atoms with Gasteiger partial charge in [-0.3, -0.25) is 4.55 Å². The summed E-state index contributed by atoms with van der Waals surface area (Å²) in [4.78, 5) is -0.414. The predicted molar refractivity (Wildman–Crippen MR) is 44.3 cm³/mol. The van der Waals surface area contributed by atoms with Gasteiger partial charge in [0.15, 0.2) is 11.5 Å². The Morgan fingerprint density at radius 1 is 1.23 bits per heavy atom. The van der Waals surface area contributed by atoms with E-state index in [1.165, 1.54) is 6.92 Å². The fraction of sp³-hybridized carbons (Fsp3) is 0.143. The number of hydrogen-bond donors (Lipinski definition) is 3. The van der Waals surface area contributed by atoms with Crippen LogP contribution in [0.25, 0.3) is 0 Å². The lowest BCUT2D eigenvalue weighted by Gasteiger charge is -2.05. The van der Waals surface area contributed by atoms with Gasteiger partial charge < -0.3 is 10.2 Å². The van der Waals surface area contributed by atoms with Gasteiger partial charge in [0.1, 0.15) is 4.90 Å².